The highest BCUT2D eigenvalue weighted by Gasteiger charge is 2.24. The lowest BCUT2D eigenvalue weighted by atomic mass is 10.1. The zero-order valence-corrected chi connectivity index (χ0v) is 12.3. The van der Waals surface area contributed by atoms with Gasteiger partial charge in [0, 0.05) is 33.6 Å². The standard InChI is InChI=1S/C12H22N2OS2/c1-9(2)7-11-8-13-12(16-11)14-10-3-5-17(15)6-4-10/h9-11H,3-8H2,1-2H3,(H,13,14). The molecule has 0 bridgehead atoms. The minimum Gasteiger partial charge on any atom is -0.362 e. The number of hydrogen-bond acceptors (Lipinski definition) is 4. The van der Waals surface area contributed by atoms with Crippen LogP contribution in [0.2, 0.25) is 0 Å². The smallest absolute Gasteiger partial charge is 0.157 e. The van der Waals surface area contributed by atoms with Crippen LogP contribution in [0.1, 0.15) is 33.1 Å². The summed E-state index contributed by atoms with van der Waals surface area (Å²) in [5.74, 6) is 2.45. The second-order valence-electron chi connectivity index (χ2n) is 5.28. The van der Waals surface area contributed by atoms with Gasteiger partial charge in [0.2, 0.25) is 0 Å². The molecule has 5 heteroatoms. The SMILES string of the molecule is CC(C)CC1CN=C(NC2CCS(=O)CC2)S1. The Morgan fingerprint density at radius 2 is 2.18 bits per heavy atom. The van der Waals surface area contributed by atoms with Crippen LogP contribution in [-0.4, -0.2) is 38.7 Å². The predicted molar refractivity (Wildman–Crippen MR) is 77.2 cm³/mol. The van der Waals surface area contributed by atoms with E-state index in [1.807, 2.05) is 11.8 Å². The first-order chi connectivity index (χ1) is 8.13. The van der Waals surface area contributed by atoms with Crippen LogP contribution in [0.15, 0.2) is 4.99 Å². The van der Waals surface area contributed by atoms with E-state index in [1.165, 1.54) is 6.42 Å². The molecule has 1 unspecified atom stereocenters. The van der Waals surface area contributed by atoms with Crippen LogP contribution in [0.5, 0.6) is 0 Å². The van der Waals surface area contributed by atoms with Crippen LogP contribution < -0.4 is 5.32 Å². The van der Waals surface area contributed by atoms with E-state index in [-0.39, 0.29) is 0 Å². The summed E-state index contributed by atoms with van der Waals surface area (Å²) in [5, 5.41) is 5.30. The van der Waals surface area contributed by atoms with Crippen LogP contribution in [-0.2, 0) is 10.8 Å². The molecule has 0 amide bonds. The van der Waals surface area contributed by atoms with Gasteiger partial charge in [-0.1, -0.05) is 25.6 Å². The summed E-state index contributed by atoms with van der Waals surface area (Å²) < 4.78 is 11.3. The van der Waals surface area contributed by atoms with Gasteiger partial charge in [-0.15, -0.1) is 0 Å². The first-order valence-electron chi connectivity index (χ1n) is 6.46. The van der Waals surface area contributed by atoms with E-state index in [9.17, 15) is 4.21 Å². The fourth-order valence-electron chi connectivity index (χ4n) is 2.26. The van der Waals surface area contributed by atoms with Gasteiger partial charge in [0.25, 0.3) is 0 Å². The van der Waals surface area contributed by atoms with Gasteiger partial charge in [-0.3, -0.25) is 9.20 Å². The molecule has 0 aliphatic carbocycles. The molecule has 1 N–H and O–H groups in total. The predicted octanol–water partition coefficient (Wildman–Crippen LogP) is 2.00. The molecule has 1 atom stereocenters. The van der Waals surface area contributed by atoms with Crippen LogP contribution in [0.3, 0.4) is 0 Å². The minimum absolute atomic E-state index is 0.497. The number of thioether (sulfide) groups is 1. The minimum atomic E-state index is -0.565. The van der Waals surface area contributed by atoms with Crippen LogP contribution in [0.25, 0.3) is 0 Å². The van der Waals surface area contributed by atoms with Gasteiger partial charge in [-0.2, -0.15) is 0 Å². The maximum absolute atomic E-state index is 11.3. The molecule has 0 aromatic carbocycles. The van der Waals surface area contributed by atoms with Crippen molar-refractivity contribution in [3.8, 4) is 0 Å². The van der Waals surface area contributed by atoms with Crippen LogP contribution in [0.4, 0.5) is 0 Å². The highest BCUT2D eigenvalue weighted by molar-refractivity contribution is 8.14. The van der Waals surface area contributed by atoms with Gasteiger partial charge < -0.3 is 5.32 Å². The topological polar surface area (TPSA) is 41.5 Å². The molecule has 0 spiro atoms. The monoisotopic (exact) mass is 274 g/mol. The fraction of sp³-hybridized carbons (Fsp3) is 0.917. The summed E-state index contributed by atoms with van der Waals surface area (Å²) in [4.78, 5) is 4.58. The quantitative estimate of drug-likeness (QED) is 0.856. The van der Waals surface area contributed by atoms with E-state index in [2.05, 4.69) is 24.2 Å². The van der Waals surface area contributed by atoms with Gasteiger partial charge in [0.1, 0.15) is 0 Å². The Balaban J connectivity index is 1.72. The molecule has 17 heavy (non-hydrogen) atoms. The lowest BCUT2D eigenvalue weighted by Crippen LogP contribution is -2.38. The maximum atomic E-state index is 11.3. The molecule has 0 saturated carbocycles. The van der Waals surface area contributed by atoms with Crippen molar-refractivity contribution in [2.75, 3.05) is 18.1 Å². The maximum Gasteiger partial charge on any atom is 0.157 e. The van der Waals surface area contributed by atoms with Gasteiger partial charge in [-0.05, 0) is 25.2 Å². The molecule has 0 aromatic rings. The molecular weight excluding hydrogens is 252 g/mol. The van der Waals surface area contributed by atoms with Gasteiger partial charge in [0.15, 0.2) is 5.17 Å². The van der Waals surface area contributed by atoms with E-state index in [1.54, 1.807) is 0 Å². The van der Waals surface area contributed by atoms with Crippen molar-refractivity contribution in [3.05, 3.63) is 0 Å². The Hall–Kier alpha value is -0.0300. The van der Waals surface area contributed by atoms with Gasteiger partial charge in [0.05, 0.1) is 6.54 Å². The number of aliphatic imine (C=N–C) groups is 1. The lowest BCUT2D eigenvalue weighted by molar-refractivity contribution is 0.554. The molecule has 2 aliphatic rings. The Bertz CT molecular complexity index is 308. The summed E-state index contributed by atoms with van der Waals surface area (Å²) >= 11 is 1.90. The second kappa shape index (κ2) is 6.23. The molecule has 1 saturated heterocycles. The average molecular weight is 274 g/mol. The molecule has 1 fully saturated rings. The first kappa shape index (κ1) is 13.4. The molecular formula is C12H22N2OS2. The van der Waals surface area contributed by atoms with Crippen molar-refractivity contribution in [2.24, 2.45) is 10.9 Å². The van der Waals surface area contributed by atoms with E-state index in [4.69, 9.17) is 0 Å². The molecule has 2 aliphatic heterocycles. The third-order valence-electron chi connectivity index (χ3n) is 3.17. The largest absolute Gasteiger partial charge is 0.362 e. The van der Waals surface area contributed by atoms with E-state index < -0.39 is 10.8 Å². The Morgan fingerprint density at radius 1 is 1.47 bits per heavy atom. The molecule has 0 radical (unpaired) electrons. The number of rotatable bonds is 3. The number of amidine groups is 1. The van der Waals surface area contributed by atoms with Crippen LogP contribution >= 0.6 is 11.8 Å². The van der Waals surface area contributed by atoms with E-state index in [0.717, 1.165) is 42.0 Å². The molecule has 2 rings (SSSR count). The molecule has 0 aromatic heterocycles. The molecule has 2 heterocycles. The average Bonchev–Trinajstić information content (AvgIpc) is 2.68. The van der Waals surface area contributed by atoms with Crippen molar-refractivity contribution in [3.63, 3.8) is 0 Å². The van der Waals surface area contributed by atoms with E-state index in [0.29, 0.717) is 11.3 Å². The number of nitrogens with one attached hydrogen (secondary N) is 1. The molecule has 3 nitrogen and oxygen atoms in total. The van der Waals surface area contributed by atoms with Crippen molar-refractivity contribution in [1.29, 1.82) is 0 Å². The highest BCUT2D eigenvalue weighted by Crippen LogP contribution is 2.26. The second-order valence-corrected chi connectivity index (χ2v) is 8.27. The number of nitrogens with zero attached hydrogens (tertiary/aromatic N) is 1. The zero-order chi connectivity index (χ0) is 12.3. The summed E-state index contributed by atoms with van der Waals surface area (Å²) in [5.41, 5.74) is 0. The summed E-state index contributed by atoms with van der Waals surface area (Å²) in [7, 11) is -0.565. The first-order valence-corrected chi connectivity index (χ1v) is 8.83. The zero-order valence-electron chi connectivity index (χ0n) is 10.6. The van der Waals surface area contributed by atoms with Crippen molar-refractivity contribution in [2.45, 2.75) is 44.4 Å². The Kier molecular flexibility index (Phi) is 4.91. The Morgan fingerprint density at radius 3 is 2.82 bits per heavy atom. The fourth-order valence-corrected chi connectivity index (χ4v) is 4.89. The summed E-state index contributed by atoms with van der Waals surface area (Å²) in [6.45, 7) is 5.49. The third kappa shape index (κ3) is 4.28. The van der Waals surface area contributed by atoms with Gasteiger partial charge in [-0.25, -0.2) is 0 Å². The summed E-state index contributed by atoms with van der Waals surface area (Å²) in [6.07, 6.45) is 3.30. The van der Waals surface area contributed by atoms with Gasteiger partial charge >= 0.3 is 0 Å². The molecule has 98 valence electrons. The summed E-state index contributed by atoms with van der Waals surface area (Å²) in [6, 6.07) is 0.497. The van der Waals surface area contributed by atoms with Crippen molar-refractivity contribution >= 4 is 27.7 Å². The Labute approximate surface area is 111 Å². The number of hydrogen-bond donors (Lipinski definition) is 1. The third-order valence-corrected chi connectivity index (χ3v) is 5.69. The highest BCUT2D eigenvalue weighted by atomic mass is 32.2. The van der Waals surface area contributed by atoms with E-state index >= 15 is 0 Å². The lowest BCUT2D eigenvalue weighted by Gasteiger charge is -2.23. The van der Waals surface area contributed by atoms with Crippen molar-refractivity contribution < 1.29 is 4.21 Å². The van der Waals surface area contributed by atoms with Crippen LogP contribution in [0, 0.1) is 5.92 Å². The normalized spacial score (nSPS) is 33.8. The van der Waals surface area contributed by atoms with Crippen molar-refractivity contribution in [1.82, 2.24) is 5.32 Å².